The molecule has 4 nitrogen and oxygen atoms in total. The maximum Gasteiger partial charge on any atom is 0.323 e. The number of nitrogens with one attached hydrogen (secondary N) is 3. The molecule has 0 saturated heterocycles. The molecule has 0 atom stereocenters. The third-order valence-electron chi connectivity index (χ3n) is 3.24. The van der Waals surface area contributed by atoms with E-state index >= 15 is 0 Å². The molecule has 0 saturated carbocycles. The highest BCUT2D eigenvalue weighted by atomic mass is 16.2. The fourth-order valence-corrected chi connectivity index (χ4v) is 2.18. The molecule has 1 heterocycles. The number of anilines is 2. The monoisotopic (exact) mass is 295 g/mol. The molecule has 0 bridgehead atoms. The SMILES string of the molecule is CC.Cc1ccccc1NC(=O)Nc1cccc2[nH]ccc12. The first-order chi connectivity index (χ1) is 10.7. The number of hydrogen-bond acceptors (Lipinski definition) is 1. The third kappa shape index (κ3) is 3.47. The van der Waals surface area contributed by atoms with Crippen LogP contribution in [-0.2, 0) is 0 Å². The van der Waals surface area contributed by atoms with Gasteiger partial charge < -0.3 is 15.6 Å². The highest BCUT2D eigenvalue weighted by Crippen LogP contribution is 2.22. The molecule has 4 heteroatoms. The number of para-hydroxylation sites is 1. The van der Waals surface area contributed by atoms with E-state index in [0.29, 0.717) is 0 Å². The first-order valence-corrected chi connectivity index (χ1v) is 7.44. The lowest BCUT2D eigenvalue weighted by Gasteiger charge is -2.10. The van der Waals surface area contributed by atoms with Crippen LogP contribution in [0.4, 0.5) is 16.2 Å². The van der Waals surface area contributed by atoms with Crippen molar-refractivity contribution in [2.24, 2.45) is 0 Å². The third-order valence-corrected chi connectivity index (χ3v) is 3.24. The van der Waals surface area contributed by atoms with E-state index in [1.807, 2.05) is 75.5 Å². The molecule has 0 spiro atoms. The lowest BCUT2D eigenvalue weighted by atomic mass is 10.2. The summed E-state index contributed by atoms with van der Waals surface area (Å²) in [5, 5.41) is 6.72. The molecule has 3 N–H and O–H groups in total. The van der Waals surface area contributed by atoms with Gasteiger partial charge >= 0.3 is 6.03 Å². The van der Waals surface area contributed by atoms with E-state index < -0.39 is 0 Å². The second-order valence-electron chi connectivity index (χ2n) is 4.64. The molecule has 0 aliphatic rings. The van der Waals surface area contributed by atoms with Crippen LogP contribution < -0.4 is 10.6 Å². The van der Waals surface area contributed by atoms with Crippen molar-refractivity contribution in [3.8, 4) is 0 Å². The van der Waals surface area contributed by atoms with Gasteiger partial charge in [-0.25, -0.2) is 4.79 Å². The molecule has 0 aliphatic carbocycles. The Hall–Kier alpha value is -2.75. The predicted octanol–water partition coefficient (Wildman–Crippen LogP) is 5.15. The van der Waals surface area contributed by atoms with Gasteiger partial charge in [0.25, 0.3) is 0 Å². The van der Waals surface area contributed by atoms with Crippen molar-refractivity contribution in [3.05, 3.63) is 60.3 Å². The first kappa shape index (κ1) is 15.6. The van der Waals surface area contributed by atoms with Crippen molar-refractivity contribution in [2.45, 2.75) is 20.8 Å². The summed E-state index contributed by atoms with van der Waals surface area (Å²) in [7, 11) is 0. The number of aromatic nitrogens is 1. The average Bonchev–Trinajstić information content (AvgIpc) is 3.01. The molecule has 3 rings (SSSR count). The average molecular weight is 295 g/mol. The van der Waals surface area contributed by atoms with Gasteiger partial charge in [0.2, 0.25) is 0 Å². The van der Waals surface area contributed by atoms with Gasteiger partial charge in [-0.2, -0.15) is 0 Å². The summed E-state index contributed by atoms with van der Waals surface area (Å²) >= 11 is 0. The quantitative estimate of drug-likeness (QED) is 0.602. The molecule has 0 aliphatic heterocycles. The van der Waals surface area contributed by atoms with Gasteiger partial charge in [0, 0.05) is 22.8 Å². The van der Waals surface area contributed by atoms with E-state index in [9.17, 15) is 4.79 Å². The van der Waals surface area contributed by atoms with E-state index in [2.05, 4.69) is 15.6 Å². The molecule has 22 heavy (non-hydrogen) atoms. The Morgan fingerprint density at radius 3 is 2.36 bits per heavy atom. The smallest absolute Gasteiger partial charge is 0.323 e. The summed E-state index contributed by atoms with van der Waals surface area (Å²) < 4.78 is 0. The number of fused-ring (bicyclic) bond motifs is 1. The Morgan fingerprint density at radius 1 is 0.909 bits per heavy atom. The van der Waals surface area contributed by atoms with Crippen LogP contribution in [0.15, 0.2) is 54.7 Å². The number of carbonyl (C=O) groups excluding carboxylic acids is 1. The zero-order valence-corrected chi connectivity index (χ0v) is 13.1. The van der Waals surface area contributed by atoms with Gasteiger partial charge in [-0.15, -0.1) is 0 Å². The number of urea groups is 1. The van der Waals surface area contributed by atoms with Crippen LogP contribution >= 0.6 is 0 Å². The number of aryl methyl sites for hydroxylation is 1. The lowest BCUT2D eigenvalue weighted by Crippen LogP contribution is -2.20. The van der Waals surface area contributed by atoms with E-state index in [1.165, 1.54) is 0 Å². The van der Waals surface area contributed by atoms with Crippen molar-refractivity contribution in [3.63, 3.8) is 0 Å². The number of carbonyl (C=O) groups is 1. The van der Waals surface area contributed by atoms with Gasteiger partial charge in [-0.05, 0) is 36.8 Å². The number of rotatable bonds is 2. The highest BCUT2D eigenvalue weighted by Gasteiger charge is 2.07. The summed E-state index contributed by atoms with van der Waals surface area (Å²) in [6, 6.07) is 15.1. The van der Waals surface area contributed by atoms with E-state index in [4.69, 9.17) is 0 Å². The van der Waals surface area contributed by atoms with Crippen LogP contribution in [0.25, 0.3) is 10.9 Å². The topological polar surface area (TPSA) is 56.9 Å². The maximum absolute atomic E-state index is 12.1. The van der Waals surface area contributed by atoms with E-state index in [0.717, 1.165) is 27.8 Å². The van der Waals surface area contributed by atoms with Crippen LogP contribution in [0.2, 0.25) is 0 Å². The van der Waals surface area contributed by atoms with Crippen LogP contribution in [0.5, 0.6) is 0 Å². The number of H-pyrrole nitrogens is 1. The minimum atomic E-state index is -0.243. The van der Waals surface area contributed by atoms with Crippen LogP contribution in [-0.4, -0.2) is 11.0 Å². The number of amides is 2. The second kappa shape index (κ2) is 7.31. The van der Waals surface area contributed by atoms with Gasteiger partial charge in [0.15, 0.2) is 0 Å². The standard InChI is InChI=1S/C16H15N3O.C2H6/c1-11-5-2-3-6-13(11)18-16(20)19-15-8-4-7-14-12(15)9-10-17-14;1-2/h2-10,17H,1H3,(H2,18,19,20);1-2H3. The molecule has 0 unspecified atom stereocenters. The molecular weight excluding hydrogens is 274 g/mol. The molecule has 1 aromatic heterocycles. The normalized spacial score (nSPS) is 9.77. The van der Waals surface area contributed by atoms with Crippen LogP contribution in [0, 0.1) is 6.92 Å². The summed E-state index contributed by atoms with van der Waals surface area (Å²) in [4.78, 5) is 15.2. The Kier molecular flexibility index (Phi) is 5.20. The summed E-state index contributed by atoms with van der Waals surface area (Å²) in [6.07, 6.45) is 1.86. The fourth-order valence-electron chi connectivity index (χ4n) is 2.18. The fraction of sp³-hybridized carbons (Fsp3) is 0.167. The van der Waals surface area contributed by atoms with Gasteiger partial charge in [-0.1, -0.05) is 38.1 Å². The van der Waals surface area contributed by atoms with Gasteiger partial charge in [-0.3, -0.25) is 0 Å². The Morgan fingerprint density at radius 2 is 1.59 bits per heavy atom. The zero-order valence-electron chi connectivity index (χ0n) is 13.1. The largest absolute Gasteiger partial charge is 0.361 e. The first-order valence-electron chi connectivity index (χ1n) is 7.44. The number of benzene rings is 2. The van der Waals surface area contributed by atoms with Gasteiger partial charge in [0.1, 0.15) is 0 Å². The van der Waals surface area contributed by atoms with Crippen LogP contribution in [0.1, 0.15) is 19.4 Å². The molecule has 3 aromatic rings. The van der Waals surface area contributed by atoms with Crippen molar-refractivity contribution < 1.29 is 4.79 Å². The molecule has 2 amide bonds. The predicted molar refractivity (Wildman–Crippen MR) is 93.5 cm³/mol. The zero-order chi connectivity index (χ0) is 15.9. The van der Waals surface area contributed by atoms with E-state index in [1.54, 1.807) is 0 Å². The minimum Gasteiger partial charge on any atom is -0.361 e. The summed E-state index contributed by atoms with van der Waals surface area (Å²) in [6.45, 7) is 5.96. The molecule has 0 radical (unpaired) electrons. The highest BCUT2D eigenvalue weighted by molar-refractivity contribution is 6.05. The van der Waals surface area contributed by atoms with Crippen molar-refractivity contribution in [1.82, 2.24) is 4.98 Å². The maximum atomic E-state index is 12.1. The van der Waals surface area contributed by atoms with Gasteiger partial charge in [0.05, 0.1) is 5.69 Å². The molecule has 2 aromatic carbocycles. The van der Waals surface area contributed by atoms with Crippen molar-refractivity contribution in [1.29, 1.82) is 0 Å². The Balaban J connectivity index is 0.000000847. The number of aromatic amines is 1. The summed E-state index contributed by atoms with van der Waals surface area (Å²) in [5.74, 6) is 0. The molecule has 0 fully saturated rings. The second-order valence-corrected chi connectivity index (χ2v) is 4.64. The lowest BCUT2D eigenvalue weighted by molar-refractivity contribution is 0.262. The van der Waals surface area contributed by atoms with Crippen molar-refractivity contribution >= 4 is 28.3 Å². The Labute approximate surface area is 130 Å². The van der Waals surface area contributed by atoms with Crippen LogP contribution in [0.3, 0.4) is 0 Å². The van der Waals surface area contributed by atoms with E-state index in [-0.39, 0.29) is 6.03 Å². The van der Waals surface area contributed by atoms with Crippen molar-refractivity contribution in [2.75, 3.05) is 10.6 Å². The molecular formula is C18H21N3O. The number of hydrogen-bond donors (Lipinski definition) is 3. The molecule has 114 valence electrons. The summed E-state index contributed by atoms with van der Waals surface area (Å²) in [5.41, 5.74) is 3.63. The minimum absolute atomic E-state index is 0.243. The Bertz CT molecular complexity index is 762.